The Balaban J connectivity index is 0.00000264. The Morgan fingerprint density at radius 3 is 2.39 bits per heavy atom. The molecule has 1 amide bonds. The van der Waals surface area contributed by atoms with Gasteiger partial charge in [-0.2, -0.15) is 0 Å². The third-order valence-corrected chi connectivity index (χ3v) is 3.50. The molecule has 6 heteroatoms. The van der Waals surface area contributed by atoms with Crippen LogP contribution in [0.15, 0.2) is 29.3 Å². The minimum absolute atomic E-state index is 0. The van der Waals surface area contributed by atoms with Gasteiger partial charge in [-0.05, 0) is 38.3 Å². The van der Waals surface area contributed by atoms with Crippen molar-refractivity contribution in [1.82, 2.24) is 10.2 Å². The van der Waals surface area contributed by atoms with Crippen LogP contribution in [0, 0.1) is 0 Å². The van der Waals surface area contributed by atoms with Gasteiger partial charge in [0.15, 0.2) is 5.96 Å². The fourth-order valence-electron chi connectivity index (χ4n) is 2.44. The maximum absolute atomic E-state index is 11.6. The molecule has 1 fully saturated rings. The van der Waals surface area contributed by atoms with E-state index in [2.05, 4.69) is 22.4 Å². The molecule has 1 heterocycles. The van der Waals surface area contributed by atoms with Crippen molar-refractivity contribution in [2.75, 3.05) is 6.54 Å². The molecule has 0 radical (unpaired) electrons. The number of nitrogens with two attached hydrogens (primary N) is 1. The molecule has 0 unspecified atom stereocenters. The number of carbonyl (C=O) groups is 1. The van der Waals surface area contributed by atoms with Crippen molar-refractivity contribution in [3.8, 4) is 0 Å². The van der Waals surface area contributed by atoms with Gasteiger partial charge in [0.1, 0.15) is 0 Å². The zero-order chi connectivity index (χ0) is 16.2. The molecule has 1 aromatic rings. The molecule has 0 atom stereocenters. The number of hydrogen-bond acceptors (Lipinski definition) is 2. The van der Waals surface area contributed by atoms with Crippen molar-refractivity contribution < 1.29 is 4.79 Å². The first-order chi connectivity index (χ1) is 10.3. The average molecular weight is 430 g/mol. The minimum Gasteiger partial charge on any atom is -0.370 e. The number of hydrogen-bond donors (Lipinski definition) is 2. The van der Waals surface area contributed by atoms with Crippen LogP contribution < -0.4 is 11.1 Å². The quantitative estimate of drug-likeness (QED) is 0.439. The fraction of sp³-hybridized carbons (Fsp3) is 0.529. The maximum atomic E-state index is 11.6. The summed E-state index contributed by atoms with van der Waals surface area (Å²) in [5.41, 5.74) is 8.04. The molecular formula is C17H27IN4O. The number of amides is 1. The van der Waals surface area contributed by atoms with Gasteiger partial charge in [-0.25, -0.2) is 4.99 Å². The zero-order valence-corrected chi connectivity index (χ0v) is 16.5. The van der Waals surface area contributed by atoms with Crippen molar-refractivity contribution in [2.24, 2.45) is 10.7 Å². The lowest BCUT2D eigenvalue weighted by Crippen LogP contribution is -2.44. The molecule has 0 spiro atoms. The number of guanidine groups is 1. The molecule has 3 N–H and O–H groups in total. The van der Waals surface area contributed by atoms with Crippen molar-refractivity contribution in [3.63, 3.8) is 0 Å². The van der Waals surface area contributed by atoms with E-state index >= 15 is 0 Å². The van der Waals surface area contributed by atoms with E-state index in [1.807, 2.05) is 37.8 Å². The Morgan fingerprint density at radius 1 is 1.26 bits per heavy atom. The van der Waals surface area contributed by atoms with Crippen LogP contribution in [-0.4, -0.2) is 28.9 Å². The minimum atomic E-state index is -0.0836. The van der Waals surface area contributed by atoms with Gasteiger partial charge < -0.3 is 16.0 Å². The third kappa shape index (κ3) is 6.76. The first-order valence-electron chi connectivity index (χ1n) is 7.77. The van der Waals surface area contributed by atoms with Crippen molar-refractivity contribution in [2.45, 2.75) is 52.2 Å². The zero-order valence-electron chi connectivity index (χ0n) is 14.1. The van der Waals surface area contributed by atoms with Crippen LogP contribution in [0.5, 0.6) is 0 Å². The first kappa shape index (κ1) is 19.7. The topological polar surface area (TPSA) is 70.7 Å². The van der Waals surface area contributed by atoms with Crippen molar-refractivity contribution >= 4 is 35.8 Å². The largest absolute Gasteiger partial charge is 0.370 e. The van der Waals surface area contributed by atoms with E-state index in [0.29, 0.717) is 25.5 Å². The summed E-state index contributed by atoms with van der Waals surface area (Å²) in [4.78, 5) is 17.9. The van der Waals surface area contributed by atoms with Crippen LogP contribution in [0.2, 0.25) is 0 Å². The third-order valence-electron chi connectivity index (χ3n) is 3.50. The second-order valence-corrected chi connectivity index (χ2v) is 6.81. The van der Waals surface area contributed by atoms with E-state index < -0.39 is 0 Å². The van der Waals surface area contributed by atoms with Crippen LogP contribution in [0.1, 0.15) is 44.7 Å². The molecule has 5 nitrogen and oxygen atoms in total. The summed E-state index contributed by atoms with van der Waals surface area (Å²) in [6.07, 6.45) is 1.67. The summed E-state index contributed by atoms with van der Waals surface area (Å²) in [6.45, 7) is 8.27. The number of benzene rings is 1. The highest BCUT2D eigenvalue weighted by Crippen LogP contribution is 2.15. The highest BCUT2D eigenvalue weighted by molar-refractivity contribution is 14.0. The molecule has 2 rings (SSSR count). The molecule has 1 aliphatic rings. The van der Waals surface area contributed by atoms with E-state index in [1.54, 1.807) is 0 Å². The number of carbonyl (C=O) groups excluding carboxylic acids is 1. The van der Waals surface area contributed by atoms with Crippen LogP contribution in [0.3, 0.4) is 0 Å². The monoisotopic (exact) mass is 430 g/mol. The standard InChI is InChI=1S/C17H26N4O.HI/c1-17(2,3)20-16(18)19-11-13-6-8-14(9-7-13)12-21-10-4-5-15(21)22;/h6-9H,4-5,10-12H2,1-3H3,(H3,18,19,20);1H. The molecule has 1 aliphatic heterocycles. The van der Waals surface area contributed by atoms with Gasteiger partial charge in [0.25, 0.3) is 0 Å². The highest BCUT2D eigenvalue weighted by Gasteiger charge is 2.19. The second kappa shape index (κ2) is 8.52. The van der Waals surface area contributed by atoms with Gasteiger partial charge in [-0.3, -0.25) is 4.79 Å². The van der Waals surface area contributed by atoms with Gasteiger partial charge >= 0.3 is 0 Å². The number of rotatable bonds is 4. The summed E-state index contributed by atoms with van der Waals surface area (Å²) in [6, 6.07) is 8.21. The maximum Gasteiger partial charge on any atom is 0.222 e. The first-order valence-corrected chi connectivity index (χ1v) is 7.77. The van der Waals surface area contributed by atoms with Gasteiger partial charge in [0.05, 0.1) is 6.54 Å². The number of nitrogens with zero attached hydrogens (tertiary/aromatic N) is 2. The Hall–Kier alpha value is -1.31. The summed E-state index contributed by atoms with van der Waals surface area (Å²) in [7, 11) is 0. The van der Waals surface area contributed by atoms with E-state index in [9.17, 15) is 4.79 Å². The van der Waals surface area contributed by atoms with Crippen LogP contribution >= 0.6 is 24.0 Å². The van der Waals surface area contributed by atoms with E-state index in [0.717, 1.165) is 24.1 Å². The Kier molecular flexibility index (Phi) is 7.31. The predicted molar refractivity (Wildman–Crippen MR) is 105 cm³/mol. The molecule has 0 aliphatic carbocycles. The second-order valence-electron chi connectivity index (χ2n) is 6.81. The lowest BCUT2D eigenvalue weighted by Gasteiger charge is -2.21. The summed E-state index contributed by atoms with van der Waals surface area (Å²) < 4.78 is 0. The smallest absolute Gasteiger partial charge is 0.222 e. The fourth-order valence-corrected chi connectivity index (χ4v) is 2.44. The number of likely N-dealkylation sites (tertiary alicyclic amines) is 1. The van der Waals surface area contributed by atoms with Crippen molar-refractivity contribution in [1.29, 1.82) is 0 Å². The summed E-state index contributed by atoms with van der Waals surface area (Å²) >= 11 is 0. The Labute approximate surface area is 155 Å². The Bertz CT molecular complexity index is 549. The van der Waals surface area contributed by atoms with Crippen LogP contribution in [0.25, 0.3) is 0 Å². The van der Waals surface area contributed by atoms with Crippen LogP contribution in [0.4, 0.5) is 0 Å². The molecule has 128 valence electrons. The van der Waals surface area contributed by atoms with E-state index in [1.165, 1.54) is 0 Å². The molecule has 23 heavy (non-hydrogen) atoms. The van der Waals surface area contributed by atoms with E-state index in [-0.39, 0.29) is 35.4 Å². The normalized spacial score (nSPS) is 15.5. The van der Waals surface area contributed by atoms with Gasteiger partial charge in [-0.1, -0.05) is 24.3 Å². The van der Waals surface area contributed by atoms with Gasteiger partial charge in [-0.15, -0.1) is 24.0 Å². The highest BCUT2D eigenvalue weighted by atomic mass is 127. The molecule has 0 bridgehead atoms. The van der Waals surface area contributed by atoms with Crippen molar-refractivity contribution in [3.05, 3.63) is 35.4 Å². The lowest BCUT2D eigenvalue weighted by molar-refractivity contribution is -0.128. The Morgan fingerprint density at radius 2 is 1.87 bits per heavy atom. The molecular weight excluding hydrogens is 403 g/mol. The predicted octanol–water partition coefficient (Wildman–Crippen LogP) is 2.63. The molecule has 1 aromatic carbocycles. The van der Waals surface area contributed by atoms with E-state index in [4.69, 9.17) is 5.73 Å². The molecule has 1 saturated heterocycles. The number of halogens is 1. The summed E-state index contributed by atoms with van der Waals surface area (Å²) in [5.74, 6) is 0.717. The van der Waals surface area contributed by atoms with Gasteiger partial charge in [0.2, 0.25) is 5.91 Å². The lowest BCUT2D eigenvalue weighted by atomic mass is 10.1. The molecule has 0 saturated carbocycles. The number of aliphatic imine (C=N–C) groups is 1. The SMILES string of the molecule is CC(C)(C)NC(N)=NCc1ccc(CN2CCCC2=O)cc1.I. The molecule has 0 aromatic heterocycles. The van der Waals surface area contributed by atoms with Crippen LogP contribution in [-0.2, 0) is 17.9 Å². The average Bonchev–Trinajstić information content (AvgIpc) is 2.82. The van der Waals surface area contributed by atoms with Gasteiger partial charge in [0, 0.05) is 25.0 Å². The summed E-state index contributed by atoms with van der Waals surface area (Å²) in [5, 5.41) is 3.14. The number of nitrogens with one attached hydrogen (secondary N) is 1.